The maximum atomic E-state index is 9.81. The van der Waals surface area contributed by atoms with Crippen LogP contribution in [-0.4, -0.2) is 38.6 Å². The van der Waals surface area contributed by atoms with Crippen LogP contribution in [0.25, 0.3) is 11.0 Å². The summed E-state index contributed by atoms with van der Waals surface area (Å²) in [5.41, 5.74) is 4.33. The number of ether oxygens (including phenoxy) is 1. The van der Waals surface area contributed by atoms with Crippen molar-refractivity contribution >= 4 is 11.0 Å². The summed E-state index contributed by atoms with van der Waals surface area (Å²) < 4.78 is 7.60. The highest BCUT2D eigenvalue weighted by Gasteiger charge is 2.34. The minimum atomic E-state index is -0.626. The van der Waals surface area contributed by atoms with Crippen LogP contribution in [0.2, 0.25) is 0 Å². The molecule has 1 aromatic heterocycles. The first-order valence-corrected chi connectivity index (χ1v) is 6.48. The van der Waals surface area contributed by atoms with E-state index in [4.69, 9.17) is 9.84 Å². The summed E-state index contributed by atoms with van der Waals surface area (Å²) in [6.45, 7) is 3.96. The summed E-state index contributed by atoms with van der Waals surface area (Å²) in [6.07, 6.45) is 0.817. The summed E-state index contributed by atoms with van der Waals surface area (Å²) in [5.74, 6) is 0. The van der Waals surface area contributed by atoms with E-state index in [1.807, 2.05) is 4.57 Å². The van der Waals surface area contributed by atoms with Gasteiger partial charge in [0.1, 0.15) is 12.3 Å². The van der Waals surface area contributed by atoms with E-state index in [9.17, 15) is 5.11 Å². The van der Waals surface area contributed by atoms with Gasteiger partial charge in [0.25, 0.3) is 0 Å². The molecule has 2 aromatic rings. The number of benzene rings is 1. The van der Waals surface area contributed by atoms with E-state index in [0.717, 1.165) is 11.0 Å². The molecule has 1 aromatic carbocycles. The Bertz CT molecular complexity index is 608. The van der Waals surface area contributed by atoms with Crippen LogP contribution < -0.4 is 0 Å². The lowest BCUT2D eigenvalue weighted by atomic mass is 10.1. The van der Waals surface area contributed by atoms with Gasteiger partial charge < -0.3 is 19.5 Å². The van der Waals surface area contributed by atoms with Crippen LogP contribution >= 0.6 is 0 Å². The van der Waals surface area contributed by atoms with Crippen molar-refractivity contribution in [2.75, 3.05) is 6.61 Å². The summed E-state index contributed by atoms with van der Waals surface area (Å²) in [7, 11) is 0. The lowest BCUT2D eigenvalue weighted by molar-refractivity contribution is -0.0430. The number of hydrogen-bond acceptors (Lipinski definition) is 4. The van der Waals surface area contributed by atoms with Crippen molar-refractivity contribution in [3.8, 4) is 0 Å². The predicted molar refractivity (Wildman–Crippen MR) is 70.8 cm³/mol. The standard InChI is InChI=1S/C14H18N2O3/c1-8-3-10-11(4-9(8)2)16(7-15-10)14-5-12(18)13(6-17)19-14/h3-4,7,12-14,17-18H,5-6H2,1-2H3/t12-,13-,14-/m0/s1. The molecule has 0 saturated carbocycles. The van der Waals surface area contributed by atoms with Crippen LogP contribution in [0.4, 0.5) is 0 Å². The maximum absolute atomic E-state index is 9.81. The second kappa shape index (κ2) is 4.59. The first kappa shape index (κ1) is 12.6. The van der Waals surface area contributed by atoms with Gasteiger partial charge in [0.15, 0.2) is 0 Å². The largest absolute Gasteiger partial charge is 0.394 e. The van der Waals surface area contributed by atoms with E-state index >= 15 is 0 Å². The van der Waals surface area contributed by atoms with E-state index in [2.05, 4.69) is 31.0 Å². The van der Waals surface area contributed by atoms with Gasteiger partial charge in [-0.2, -0.15) is 0 Å². The van der Waals surface area contributed by atoms with Gasteiger partial charge in [0.05, 0.1) is 30.1 Å². The molecule has 1 aliphatic rings. The van der Waals surface area contributed by atoms with Crippen LogP contribution in [0.5, 0.6) is 0 Å². The van der Waals surface area contributed by atoms with Gasteiger partial charge in [-0.3, -0.25) is 0 Å². The zero-order valence-electron chi connectivity index (χ0n) is 11.1. The molecule has 0 radical (unpaired) electrons. The Balaban J connectivity index is 2.00. The normalized spacial score (nSPS) is 27.3. The van der Waals surface area contributed by atoms with Gasteiger partial charge in [-0.1, -0.05) is 0 Å². The molecule has 0 bridgehead atoms. The van der Waals surface area contributed by atoms with Crippen LogP contribution in [0, 0.1) is 13.8 Å². The number of nitrogens with zero attached hydrogens (tertiary/aromatic N) is 2. The molecule has 3 atom stereocenters. The topological polar surface area (TPSA) is 67.5 Å². The number of imidazole rings is 1. The molecule has 0 unspecified atom stereocenters. The maximum Gasteiger partial charge on any atom is 0.138 e. The molecule has 5 nitrogen and oxygen atoms in total. The Morgan fingerprint density at radius 2 is 2.11 bits per heavy atom. The minimum Gasteiger partial charge on any atom is -0.394 e. The molecule has 1 saturated heterocycles. The van der Waals surface area contributed by atoms with Crippen LogP contribution in [0.15, 0.2) is 18.5 Å². The Kier molecular flexibility index (Phi) is 3.05. The third-order valence-electron chi connectivity index (χ3n) is 3.88. The predicted octanol–water partition coefficient (Wildman–Crippen LogP) is 1.29. The highest BCUT2D eigenvalue weighted by atomic mass is 16.5. The summed E-state index contributed by atoms with van der Waals surface area (Å²) in [6, 6.07) is 4.13. The third kappa shape index (κ3) is 2.04. The zero-order valence-corrected chi connectivity index (χ0v) is 11.1. The smallest absolute Gasteiger partial charge is 0.138 e. The SMILES string of the molecule is Cc1cc2ncn([C@@H]3C[C@H](O)[C@H](CO)O3)c2cc1C. The van der Waals surface area contributed by atoms with Crippen molar-refractivity contribution < 1.29 is 14.9 Å². The first-order valence-electron chi connectivity index (χ1n) is 6.48. The summed E-state index contributed by atoms with van der Waals surface area (Å²) in [5, 5.41) is 18.9. The monoisotopic (exact) mass is 262 g/mol. The molecule has 5 heteroatoms. The molecule has 2 N–H and O–H groups in total. The Hall–Kier alpha value is -1.43. The molecule has 1 aliphatic heterocycles. The fourth-order valence-electron chi connectivity index (χ4n) is 2.56. The Morgan fingerprint density at radius 3 is 2.79 bits per heavy atom. The van der Waals surface area contributed by atoms with Crippen molar-refractivity contribution in [3.05, 3.63) is 29.6 Å². The van der Waals surface area contributed by atoms with Crippen molar-refractivity contribution in [1.29, 1.82) is 0 Å². The van der Waals surface area contributed by atoms with Gasteiger partial charge >= 0.3 is 0 Å². The highest BCUT2D eigenvalue weighted by molar-refractivity contribution is 5.77. The molecule has 3 rings (SSSR count). The molecular weight excluding hydrogens is 244 g/mol. The summed E-state index contributed by atoms with van der Waals surface area (Å²) >= 11 is 0. The molecule has 102 valence electrons. The van der Waals surface area contributed by atoms with Crippen molar-refractivity contribution in [3.63, 3.8) is 0 Å². The molecular formula is C14H18N2O3. The van der Waals surface area contributed by atoms with E-state index in [1.54, 1.807) is 6.33 Å². The number of fused-ring (bicyclic) bond motifs is 1. The zero-order chi connectivity index (χ0) is 13.6. The van der Waals surface area contributed by atoms with Crippen LogP contribution in [0.1, 0.15) is 23.8 Å². The number of aryl methyl sites for hydroxylation is 2. The highest BCUT2D eigenvalue weighted by Crippen LogP contribution is 2.31. The Morgan fingerprint density at radius 1 is 1.37 bits per heavy atom. The van der Waals surface area contributed by atoms with E-state index < -0.39 is 12.2 Å². The second-order valence-electron chi connectivity index (χ2n) is 5.19. The molecule has 1 fully saturated rings. The van der Waals surface area contributed by atoms with E-state index in [0.29, 0.717) is 6.42 Å². The van der Waals surface area contributed by atoms with Crippen LogP contribution in [-0.2, 0) is 4.74 Å². The van der Waals surface area contributed by atoms with Crippen molar-refractivity contribution in [2.24, 2.45) is 0 Å². The van der Waals surface area contributed by atoms with Crippen LogP contribution in [0.3, 0.4) is 0 Å². The quantitative estimate of drug-likeness (QED) is 0.856. The van der Waals surface area contributed by atoms with Gasteiger partial charge in [-0.15, -0.1) is 0 Å². The van der Waals surface area contributed by atoms with Gasteiger partial charge in [0, 0.05) is 6.42 Å². The third-order valence-corrected chi connectivity index (χ3v) is 3.88. The summed E-state index contributed by atoms with van der Waals surface area (Å²) in [4.78, 5) is 4.38. The molecule has 0 spiro atoms. The number of aliphatic hydroxyl groups is 2. The van der Waals surface area contributed by atoms with Crippen molar-refractivity contribution in [1.82, 2.24) is 9.55 Å². The second-order valence-corrected chi connectivity index (χ2v) is 5.19. The van der Waals surface area contributed by atoms with E-state index in [-0.39, 0.29) is 12.8 Å². The molecule has 2 heterocycles. The number of aliphatic hydroxyl groups excluding tert-OH is 2. The minimum absolute atomic E-state index is 0.164. The van der Waals surface area contributed by atoms with Crippen molar-refractivity contribution in [2.45, 2.75) is 38.7 Å². The van der Waals surface area contributed by atoms with Gasteiger partial charge in [0.2, 0.25) is 0 Å². The van der Waals surface area contributed by atoms with E-state index in [1.165, 1.54) is 11.1 Å². The fourth-order valence-corrected chi connectivity index (χ4v) is 2.56. The molecule has 0 amide bonds. The van der Waals surface area contributed by atoms with Gasteiger partial charge in [-0.05, 0) is 37.1 Å². The molecule has 0 aliphatic carbocycles. The lowest BCUT2D eigenvalue weighted by Crippen LogP contribution is -2.24. The number of hydrogen-bond donors (Lipinski definition) is 2. The lowest BCUT2D eigenvalue weighted by Gasteiger charge is -2.14. The van der Waals surface area contributed by atoms with Gasteiger partial charge in [-0.25, -0.2) is 4.98 Å². The molecule has 19 heavy (non-hydrogen) atoms. The first-order chi connectivity index (χ1) is 9.10. The fraction of sp³-hybridized carbons (Fsp3) is 0.500. The Labute approximate surface area is 111 Å². The average Bonchev–Trinajstić information content (AvgIpc) is 2.93. The number of aromatic nitrogens is 2. The average molecular weight is 262 g/mol. The number of rotatable bonds is 2.